The molecule has 4 unspecified atom stereocenters. The molecule has 1 fully saturated rings. The Labute approximate surface area is 107 Å². The van der Waals surface area contributed by atoms with Crippen molar-refractivity contribution in [2.24, 2.45) is 17.6 Å². The highest BCUT2D eigenvalue weighted by molar-refractivity contribution is 5.77. The summed E-state index contributed by atoms with van der Waals surface area (Å²) in [5.41, 5.74) is 8.10. The lowest BCUT2D eigenvalue weighted by Crippen LogP contribution is -2.22. The molecule has 1 aromatic carbocycles. The van der Waals surface area contributed by atoms with Gasteiger partial charge in [0.1, 0.15) is 11.9 Å². The Kier molecular flexibility index (Phi) is 2.58. The molecule has 0 saturated heterocycles. The van der Waals surface area contributed by atoms with Crippen molar-refractivity contribution in [2.75, 3.05) is 0 Å². The predicted molar refractivity (Wildman–Crippen MR) is 69.4 cm³/mol. The fourth-order valence-electron chi connectivity index (χ4n) is 3.14. The molecule has 1 aromatic rings. The number of amides is 1. The van der Waals surface area contributed by atoms with Gasteiger partial charge in [0.2, 0.25) is 5.91 Å². The number of hydrogen-bond donors (Lipinski definition) is 1. The number of nitrogens with two attached hydrogens (primary N) is 1. The molecule has 1 heterocycles. The number of carbonyl (C=O) groups excluding carboxylic acids is 1. The number of rotatable bonds is 3. The lowest BCUT2D eigenvalue weighted by Gasteiger charge is -2.09. The van der Waals surface area contributed by atoms with Crippen LogP contribution in [0.1, 0.15) is 37.3 Å². The van der Waals surface area contributed by atoms with Crippen LogP contribution in [0.2, 0.25) is 0 Å². The van der Waals surface area contributed by atoms with Crippen LogP contribution in [0.5, 0.6) is 5.75 Å². The van der Waals surface area contributed by atoms with Gasteiger partial charge in [-0.3, -0.25) is 4.79 Å². The molecule has 3 heteroatoms. The van der Waals surface area contributed by atoms with Crippen LogP contribution in [0.4, 0.5) is 0 Å². The van der Waals surface area contributed by atoms with Crippen molar-refractivity contribution in [2.45, 2.75) is 38.7 Å². The maximum atomic E-state index is 11.2. The van der Waals surface area contributed by atoms with Crippen LogP contribution in [0.25, 0.3) is 0 Å². The minimum atomic E-state index is -0.181. The third-order valence-corrected chi connectivity index (χ3v) is 4.32. The van der Waals surface area contributed by atoms with Gasteiger partial charge in [-0.25, -0.2) is 0 Å². The zero-order valence-corrected chi connectivity index (χ0v) is 10.8. The van der Waals surface area contributed by atoms with Gasteiger partial charge in [-0.15, -0.1) is 0 Å². The van der Waals surface area contributed by atoms with E-state index in [1.807, 2.05) is 13.0 Å². The number of ether oxygens (including phenoxy) is 1. The van der Waals surface area contributed by atoms with Crippen molar-refractivity contribution in [3.8, 4) is 5.75 Å². The highest BCUT2D eigenvalue weighted by Crippen LogP contribution is 2.54. The summed E-state index contributed by atoms with van der Waals surface area (Å²) in [5, 5.41) is 0. The van der Waals surface area contributed by atoms with E-state index in [0.29, 0.717) is 11.8 Å². The van der Waals surface area contributed by atoms with E-state index in [-0.39, 0.29) is 17.9 Å². The van der Waals surface area contributed by atoms with E-state index in [0.717, 1.165) is 18.6 Å². The van der Waals surface area contributed by atoms with Gasteiger partial charge in [0, 0.05) is 17.9 Å². The molecule has 4 atom stereocenters. The topological polar surface area (TPSA) is 52.3 Å². The zero-order valence-electron chi connectivity index (χ0n) is 10.8. The van der Waals surface area contributed by atoms with Crippen LogP contribution in [-0.2, 0) is 11.2 Å². The molecule has 0 radical (unpaired) electrons. The minimum Gasteiger partial charge on any atom is -0.490 e. The first-order chi connectivity index (χ1) is 8.58. The molecule has 18 heavy (non-hydrogen) atoms. The van der Waals surface area contributed by atoms with Crippen LogP contribution >= 0.6 is 0 Å². The Morgan fingerprint density at radius 1 is 1.50 bits per heavy atom. The quantitative estimate of drug-likeness (QED) is 0.887. The van der Waals surface area contributed by atoms with Crippen LogP contribution < -0.4 is 10.5 Å². The van der Waals surface area contributed by atoms with E-state index in [9.17, 15) is 4.79 Å². The third-order valence-electron chi connectivity index (χ3n) is 4.32. The fourth-order valence-corrected chi connectivity index (χ4v) is 3.14. The summed E-state index contributed by atoms with van der Waals surface area (Å²) in [4.78, 5) is 11.2. The van der Waals surface area contributed by atoms with Gasteiger partial charge < -0.3 is 10.5 Å². The second-order valence-electron chi connectivity index (χ2n) is 5.65. The van der Waals surface area contributed by atoms with Gasteiger partial charge in [0.15, 0.2) is 0 Å². The number of fused-ring (bicyclic) bond motifs is 1. The number of hydrogen-bond acceptors (Lipinski definition) is 2. The average molecular weight is 245 g/mol. The zero-order chi connectivity index (χ0) is 12.9. The van der Waals surface area contributed by atoms with Gasteiger partial charge in [-0.1, -0.05) is 19.1 Å². The van der Waals surface area contributed by atoms with Crippen molar-refractivity contribution in [3.05, 3.63) is 29.3 Å². The Morgan fingerprint density at radius 2 is 2.28 bits per heavy atom. The summed E-state index contributed by atoms with van der Waals surface area (Å²) < 4.78 is 5.78. The average Bonchev–Trinajstić information content (AvgIpc) is 3.01. The molecular weight excluding hydrogens is 226 g/mol. The maximum absolute atomic E-state index is 11.2. The largest absolute Gasteiger partial charge is 0.490 e. The normalized spacial score (nSPS) is 30.4. The molecule has 1 saturated carbocycles. The molecule has 0 aromatic heterocycles. The summed E-state index contributed by atoms with van der Waals surface area (Å²) in [5.74, 6) is 1.74. The van der Waals surface area contributed by atoms with Gasteiger partial charge >= 0.3 is 0 Å². The van der Waals surface area contributed by atoms with Crippen LogP contribution in [0.15, 0.2) is 18.2 Å². The Balaban J connectivity index is 1.84. The van der Waals surface area contributed by atoms with E-state index in [1.54, 1.807) is 0 Å². The molecule has 0 spiro atoms. The molecule has 1 amide bonds. The first-order valence-corrected chi connectivity index (χ1v) is 6.65. The van der Waals surface area contributed by atoms with Crippen molar-refractivity contribution < 1.29 is 9.53 Å². The van der Waals surface area contributed by atoms with Crippen molar-refractivity contribution >= 4 is 5.91 Å². The molecule has 96 valence electrons. The summed E-state index contributed by atoms with van der Waals surface area (Å²) in [6.07, 6.45) is 2.33. The van der Waals surface area contributed by atoms with Crippen LogP contribution in [0, 0.1) is 11.8 Å². The highest BCUT2D eigenvalue weighted by Gasteiger charge is 2.45. The Bertz CT molecular complexity index is 497. The predicted octanol–water partition coefficient (Wildman–Crippen LogP) is 2.23. The second-order valence-corrected chi connectivity index (χ2v) is 5.65. The van der Waals surface area contributed by atoms with Crippen LogP contribution in [-0.4, -0.2) is 12.0 Å². The summed E-state index contributed by atoms with van der Waals surface area (Å²) in [7, 11) is 0. The molecular formula is C15H19NO2. The second kappa shape index (κ2) is 4.01. The van der Waals surface area contributed by atoms with Crippen LogP contribution in [0.3, 0.4) is 0 Å². The monoisotopic (exact) mass is 245 g/mol. The van der Waals surface area contributed by atoms with E-state index in [2.05, 4.69) is 19.1 Å². The lowest BCUT2D eigenvalue weighted by atomic mass is 9.95. The standard InChI is InChI=1S/C15H19NO2/c1-8-6-13-10(4-3-5-14(13)18-8)12-7-11(12)9(2)15(16)17/h3-5,8-9,11-12H,6-7H2,1-2H3,(H2,16,17). The molecule has 2 N–H and O–H groups in total. The van der Waals surface area contributed by atoms with Gasteiger partial charge in [-0.05, 0) is 36.8 Å². The van der Waals surface area contributed by atoms with Crippen molar-refractivity contribution in [3.63, 3.8) is 0 Å². The molecule has 3 rings (SSSR count). The number of benzene rings is 1. The molecule has 1 aliphatic heterocycles. The van der Waals surface area contributed by atoms with Crippen molar-refractivity contribution in [1.29, 1.82) is 0 Å². The molecule has 1 aliphatic carbocycles. The highest BCUT2D eigenvalue weighted by atomic mass is 16.5. The SMILES string of the molecule is CC1Cc2c(cccc2C2CC2C(C)C(N)=O)O1. The Morgan fingerprint density at radius 3 is 3.00 bits per heavy atom. The van der Waals surface area contributed by atoms with E-state index in [1.165, 1.54) is 11.1 Å². The fraction of sp³-hybridized carbons (Fsp3) is 0.533. The molecule has 0 bridgehead atoms. The number of primary amides is 1. The molecule has 2 aliphatic rings. The Hall–Kier alpha value is -1.51. The van der Waals surface area contributed by atoms with Gasteiger partial charge in [-0.2, -0.15) is 0 Å². The summed E-state index contributed by atoms with van der Waals surface area (Å²) >= 11 is 0. The maximum Gasteiger partial charge on any atom is 0.220 e. The van der Waals surface area contributed by atoms with E-state index < -0.39 is 0 Å². The van der Waals surface area contributed by atoms with E-state index >= 15 is 0 Å². The first-order valence-electron chi connectivity index (χ1n) is 6.65. The van der Waals surface area contributed by atoms with Crippen molar-refractivity contribution in [1.82, 2.24) is 0 Å². The molecule has 3 nitrogen and oxygen atoms in total. The minimum absolute atomic E-state index is 0.0226. The number of carbonyl (C=O) groups is 1. The lowest BCUT2D eigenvalue weighted by molar-refractivity contribution is -0.121. The summed E-state index contributed by atoms with van der Waals surface area (Å²) in [6.45, 7) is 4.04. The van der Waals surface area contributed by atoms with Gasteiger partial charge in [0.05, 0.1) is 0 Å². The van der Waals surface area contributed by atoms with Gasteiger partial charge in [0.25, 0.3) is 0 Å². The summed E-state index contributed by atoms with van der Waals surface area (Å²) in [6, 6.07) is 6.27. The third kappa shape index (κ3) is 1.78. The smallest absolute Gasteiger partial charge is 0.220 e. The van der Waals surface area contributed by atoms with E-state index in [4.69, 9.17) is 10.5 Å². The first kappa shape index (κ1) is 11.6.